The molecule has 2 unspecified atom stereocenters. The molecular weight excluding hydrogens is 222 g/mol. The second-order valence-corrected chi connectivity index (χ2v) is 4.88. The topological polar surface area (TPSA) is 30.7 Å². The van der Waals surface area contributed by atoms with Gasteiger partial charge in [0.2, 0.25) is 0 Å². The van der Waals surface area contributed by atoms with Gasteiger partial charge in [-0.05, 0) is 30.9 Å². The van der Waals surface area contributed by atoms with Crippen molar-refractivity contribution in [3.05, 3.63) is 23.7 Å². The summed E-state index contributed by atoms with van der Waals surface area (Å²) in [5.41, 5.74) is 3.16. The Morgan fingerprint density at radius 2 is 2.31 bits per heavy atom. The molecule has 0 saturated heterocycles. The predicted octanol–water partition coefficient (Wildman–Crippen LogP) is 3.06. The van der Waals surface area contributed by atoms with Crippen LogP contribution in [0.15, 0.2) is 12.3 Å². The number of hydrogen-bond donors (Lipinski definition) is 0. The smallest absolute Gasteiger partial charge is 0.160 e. The zero-order chi connectivity index (χ0) is 11.3. The molecule has 0 spiro atoms. The van der Waals surface area contributed by atoms with Crippen molar-refractivity contribution in [1.29, 1.82) is 0 Å². The first-order valence-electron chi connectivity index (χ1n) is 5.60. The fourth-order valence-electron chi connectivity index (χ4n) is 2.26. The first kappa shape index (κ1) is 10.1. The van der Waals surface area contributed by atoms with Gasteiger partial charge in [0.25, 0.3) is 0 Å². The van der Waals surface area contributed by atoms with Gasteiger partial charge in [-0.1, -0.05) is 6.92 Å². The lowest BCUT2D eigenvalue weighted by molar-refractivity contribution is 0.672. The molecule has 4 heteroatoms. The van der Waals surface area contributed by atoms with Crippen molar-refractivity contribution in [3.63, 3.8) is 0 Å². The van der Waals surface area contributed by atoms with Crippen molar-refractivity contribution in [1.82, 2.24) is 14.5 Å². The third-order valence-corrected chi connectivity index (χ3v) is 3.61. The van der Waals surface area contributed by atoms with Crippen LogP contribution in [0.25, 0.3) is 11.2 Å². The molecule has 2 aromatic rings. The number of fused-ring (bicyclic) bond motifs is 1. The highest BCUT2D eigenvalue weighted by molar-refractivity contribution is 6.16. The number of aromatic nitrogens is 3. The van der Waals surface area contributed by atoms with Crippen LogP contribution in [0.5, 0.6) is 0 Å². The van der Waals surface area contributed by atoms with E-state index in [4.69, 9.17) is 11.6 Å². The number of aryl methyl sites for hydroxylation is 1. The van der Waals surface area contributed by atoms with E-state index in [-0.39, 0.29) is 0 Å². The highest BCUT2D eigenvalue weighted by Gasteiger charge is 2.37. The van der Waals surface area contributed by atoms with Crippen LogP contribution in [-0.2, 0) is 5.88 Å². The summed E-state index contributed by atoms with van der Waals surface area (Å²) in [6, 6.07) is 2.54. The van der Waals surface area contributed by atoms with Crippen molar-refractivity contribution in [3.8, 4) is 0 Å². The van der Waals surface area contributed by atoms with Gasteiger partial charge in [0.05, 0.1) is 5.88 Å². The monoisotopic (exact) mass is 235 g/mol. The van der Waals surface area contributed by atoms with Crippen LogP contribution < -0.4 is 0 Å². The average molecular weight is 236 g/mol. The van der Waals surface area contributed by atoms with E-state index in [0.717, 1.165) is 22.9 Å². The molecule has 0 aromatic carbocycles. The van der Waals surface area contributed by atoms with Crippen molar-refractivity contribution in [2.75, 3.05) is 0 Å². The van der Waals surface area contributed by atoms with Gasteiger partial charge in [-0.25, -0.2) is 9.97 Å². The largest absolute Gasteiger partial charge is 0.308 e. The standard InChI is InChI=1S/C12H14ClN3/c1-7-3-4-14-12-11(7)15-10(6-13)16(12)9-5-8(9)2/h3-4,8-9H,5-6H2,1-2H3. The summed E-state index contributed by atoms with van der Waals surface area (Å²) in [4.78, 5) is 9.04. The van der Waals surface area contributed by atoms with E-state index in [9.17, 15) is 0 Å². The maximum Gasteiger partial charge on any atom is 0.160 e. The Labute approximate surface area is 99.5 Å². The van der Waals surface area contributed by atoms with Crippen LogP contribution in [0.1, 0.15) is 30.8 Å². The highest BCUT2D eigenvalue weighted by atomic mass is 35.5. The molecule has 0 bridgehead atoms. The Bertz CT molecular complexity index is 546. The van der Waals surface area contributed by atoms with Gasteiger partial charge in [-0.15, -0.1) is 11.6 Å². The van der Waals surface area contributed by atoms with Gasteiger partial charge in [-0.2, -0.15) is 0 Å². The molecule has 16 heavy (non-hydrogen) atoms. The van der Waals surface area contributed by atoms with Gasteiger partial charge < -0.3 is 4.57 Å². The summed E-state index contributed by atoms with van der Waals surface area (Å²) < 4.78 is 2.22. The van der Waals surface area contributed by atoms with Crippen LogP contribution in [0.4, 0.5) is 0 Å². The molecular formula is C12H14ClN3. The Morgan fingerprint density at radius 3 is 2.94 bits per heavy atom. The van der Waals surface area contributed by atoms with Crippen LogP contribution in [0, 0.1) is 12.8 Å². The number of rotatable bonds is 2. The fraction of sp³-hybridized carbons (Fsp3) is 0.500. The van der Waals surface area contributed by atoms with Gasteiger partial charge in [0.15, 0.2) is 5.65 Å². The molecule has 3 nitrogen and oxygen atoms in total. The second-order valence-electron chi connectivity index (χ2n) is 4.61. The van der Waals surface area contributed by atoms with Crippen LogP contribution in [0.3, 0.4) is 0 Å². The summed E-state index contributed by atoms with van der Waals surface area (Å²) in [6.45, 7) is 4.32. The van der Waals surface area contributed by atoms with Crippen LogP contribution in [0.2, 0.25) is 0 Å². The maximum absolute atomic E-state index is 5.96. The summed E-state index contributed by atoms with van der Waals surface area (Å²) in [7, 11) is 0. The van der Waals surface area contributed by atoms with Crippen molar-refractivity contribution in [2.45, 2.75) is 32.2 Å². The van der Waals surface area contributed by atoms with Crippen LogP contribution >= 0.6 is 11.6 Å². The number of imidazole rings is 1. The highest BCUT2D eigenvalue weighted by Crippen LogP contribution is 2.45. The lowest BCUT2D eigenvalue weighted by Crippen LogP contribution is -2.01. The summed E-state index contributed by atoms with van der Waals surface area (Å²) >= 11 is 5.96. The summed E-state index contributed by atoms with van der Waals surface area (Å²) in [5.74, 6) is 2.13. The van der Waals surface area contributed by atoms with Gasteiger partial charge in [-0.3, -0.25) is 0 Å². The van der Waals surface area contributed by atoms with Gasteiger partial charge in [0, 0.05) is 12.2 Å². The third-order valence-electron chi connectivity index (χ3n) is 3.37. The molecule has 0 amide bonds. The molecule has 0 radical (unpaired) electrons. The van der Waals surface area contributed by atoms with E-state index in [1.807, 2.05) is 12.3 Å². The lowest BCUT2D eigenvalue weighted by atomic mass is 10.3. The van der Waals surface area contributed by atoms with Crippen LogP contribution in [-0.4, -0.2) is 14.5 Å². The maximum atomic E-state index is 5.96. The molecule has 2 aromatic heterocycles. The molecule has 84 valence electrons. The number of halogens is 1. The number of hydrogen-bond acceptors (Lipinski definition) is 2. The molecule has 3 rings (SSSR count). The van der Waals surface area contributed by atoms with E-state index >= 15 is 0 Å². The SMILES string of the molecule is Cc1ccnc2c1nc(CCl)n2C1CC1C. The van der Waals surface area contributed by atoms with Crippen molar-refractivity contribution < 1.29 is 0 Å². The van der Waals surface area contributed by atoms with E-state index in [0.29, 0.717) is 11.9 Å². The Hall–Kier alpha value is -1.09. The zero-order valence-corrected chi connectivity index (χ0v) is 10.2. The minimum atomic E-state index is 0.457. The minimum Gasteiger partial charge on any atom is -0.308 e. The van der Waals surface area contributed by atoms with Crippen molar-refractivity contribution in [2.24, 2.45) is 5.92 Å². The van der Waals surface area contributed by atoms with E-state index in [1.54, 1.807) is 0 Å². The van der Waals surface area contributed by atoms with E-state index in [2.05, 4.69) is 28.4 Å². The quantitative estimate of drug-likeness (QED) is 0.749. The average Bonchev–Trinajstić information content (AvgIpc) is 2.86. The molecule has 1 aliphatic carbocycles. The zero-order valence-electron chi connectivity index (χ0n) is 9.44. The van der Waals surface area contributed by atoms with Gasteiger partial charge in [0.1, 0.15) is 11.3 Å². The fourth-order valence-corrected chi connectivity index (χ4v) is 2.45. The second kappa shape index (κ2) is 3.45. The minimum absolute atomic E-state index is 0.457. The molecule has 1 aliphatic rings. The Balaban J connectivity index is 2.27. The number of nitrogens with zero attached hydrogens (tertiary/aromatic N) is 3. The van der Waals surface area contributed by atoms with E-state index in [1.165, 1.54) is 12.0 Å². The lowest BCUT2D eigenvalue weighted by Gasteiger charge is -2.04. The van der Waals surface area contributed by atoms with Crippen molar-refractivity contribution >= 4 is 22.8 Å². The number of pyridine rings is 1. The molecule has 1 fully saturated rings. The van der Waals surface area contributed by atoms with E-state index < -0.39 is 0 Å². The third kappa shape index (κ3) is 1.34. The molecule has 2 heterocycles. The Morgan fingerprint density at radius 1 is 1.56 bits per heavy atom. The molecule has 0 aliphatic heterocycles. The molecule has 2 atom stereocenters. The molecule has 0 N–H and O–H groups in total. The molecule has 1 saturated carbocycles. The summed E-state index contributed by atoms with van der Waals surface area (Å²) in [6.07, 6.45) is 3.06. The first-order chi connectivity index (χ1) is 7.72. The first-order valence-corrected chi connectivity index (χ1v) is 6.14. The predicted molar refractivity (Wildman–Crippen MR) is 64.6 cm³/mol. The normalized spacial score (nSPS) is 23.9. The number of alkyl halides is 1. The Kier molecular flexibility index (Phi) is 2.18. The summed E-state index contributed by atoms with van der Waals surface area (Å²) in [5, 5.41) is 0. The van der Waals surface area contributed by atoms with Gasteiger partial charge >= 0.3 is 0 Å².